The second-order valence-electron chi connectivity index (χ2n) is 5.30. The molecule has 0 spiro atoms. The van der Waals surface area contributed by atoms with Gasteiger partial charge in [0.2, 0.25) is 5.91 Å². The number of imide groups is 1. The maximum Gasteiger partial charge on any atom is 0.253 e. The molecule has 5 heteroatoms. The summed E-state index contributed by atoms with van der Waals surface area (Å²) < 4.78 is 0. The molecule has 1 aliphatic rings. The van der Waals surface area contributed by atoms with Crippen LogP contribution in [0.15, 0.2) is 54.6 Å². The summed E-state index contributed by atoms with van der Waals surface area (Å²) in [6.45, 7) is 1.96. The molecule has 112 valence electrons. The van der Waals surface area contributed by atoms with Gasteiger partial charge in [-0.1, -0.05) is 35.9 Å². The highest BCUT2D eigenvalue weighted by Crippen LogP contribution is 2.23. The van der Waals surface area contributed by atoms with Crippen LogP contribution in [0.1, 0.15) is 12.0 Å². The zero-order valence-corrected chi connectivity index (χ0v) is 12.2. The molecular formula is C17H17N3O2. The van der Waals surface area contributed by atoms with Gasteiger partial charge in [-0.2, -0.15) is 0 Å². The SMILES string of the molecule is Cc1ccc(N2C(=O)CC(NNc3ccccc3)C2=O)cc1. The van der Waals surface area contributed by atoms with Gasteiger partial charge in [-0.3, -0.25) is 9.59 Å². The Kier molecular flexibility index (Phi) is 3.89. The van der Waals surface area contributed by atoms with Crippen LogP contribution < -0.4 is 15.8 Å². The number of hydrogen-bond acceptors (Lipinski definition) is 4. The summed E-state index contributed by atoms with van der Waals surface area (Å²) in [5, 5.41) is 0. The zero-order valence-electron chi connectivity index (χ0n) is 12.2. The second-order valence-corrected chi connectivity index (χ2v) is 5.30. The third-order valence-electron chi connectivity index (χ3n) is 3.60. The van der Waals surface area contributed by atoms with Crippen LogP contribution in [0.5, 0.6) is 0 Å². The predicted octanol–water partition coefficient (Wildman–Crippen LogP) is 2.24. The first-order valence-electron chi connectivity index (χ1n) is 7.15. The molecule has 1 saturated heterocycles. The largest absolute Gasteiger partial charge is 0.321 e. The number of carbonyl (C=O) groups is 2. The molecule has 0 bridgehead atoms. The van der Waals surface area contributed by atoms with Crippen LogP contribution in [-0.2, 0) is 9.59 Å². The maximum atomic E-state index is 12.4. The number of para-hydroxylation sites is 1. The van der Waals surface area contributed by atoms with Crippen molar-refractivity contribution in [1.29, 1.82) is 0 Å². The number of benzene rings is 2. The van der Waals surface area contributed by atoms with Crippen LogP contribution in [0.2, 0.25) is 0 Å². The molecule has 22 heavy (non-hydrogen) atoms. The average molecular weight is 295 g/mol. The van der Waals surface area contributed by atoms with E-state index in [-0.39, 0.29) is 18.2 Å². The predicted molar refractivity (Wildman–Crippen MR) is 85.3 cm³/mol. The Hall–Kier alpha value is -2.66. The molecule has 1 heterocycles. The van der Waals surface area contributed by atoms with Crippen molar-refractivity contribution in [3.63, 3.8) is 0 Å². The van der Waals surface area contributed by atoms with Gasteiger partial charge in [0.1, 0.15) is 6.04 Å². The average Bonchev–Trinajstić information content (AvgIpc) is 2.82. The Morgan fingerprint density at radius 1 is 1.00 bits per heavy atom. The molecule has 0 radical (unpaired) electrons. The Morgan fingerprint density at radius 3 is 2.36 bits per heavy atom. The monoisotopic (exact) mass is 295 g/mol. The minimum atomic E-state index is -0.561. The number of aryl methyl sites for hydroxylation is 1. The molecule has 1 fully saturated rings. The van der Waals surface area contributed by atoms with E-state index in [0.29, 0.717) is 5.69 Å². The van der Waals surface area contributed by atoms with Gasteiger partial charge in [0.15, 0.2) is 0 Å². The second kappa shape index (κ2) is 5.99. The quantitative estimate of drug-likeness (QED) is 0.671. The number of hydrogen-bond donors (Lipinski definition) is 2. The van der Waals surface area contributed by atoms with Crippen molar-refractivity contribution >= 4 is 23.2 Å². The minimum absolute atomic E-state index is 0.145. The molecule has 2 N–H and O–H groups in total. The normalized spacial score (nSPS) is 17.9. The summed E-state index contributed by atoms with van der Waals surface area (Å²) in [6.07, 6.45) is 0.145. The van der Waals surface area contributed by atoms with Crippen LogP contribution in [0.3, 0.4) is 0 Å². The molecule has 0 aromatic heterocycles. The molecule has 0 saturated carbocycles. The van der Waals surface area contributed by atoms with Crippen LogP contribution in [0.25, 0.3) is 0 Å². The van der Waals surface area contributed by atoms with Crippen LogP contribution in [0.4, 0.5) is 11.4 Å². The Balaban J connectivity index is 1.70. The van der Waals surface area contributed by atoms with E-state index < -0.39 is 6.04 Å². The lowest BCUT2D eigenvalue weighted by Crippen LogP contribution is -2.41. The Labute approximate surface area is 128 Å². The van der Waals surface area contributed by atoms with E-state index in [0.717, 1.165) is 11.3 Å². The molecule has 2 amide bonds. The number of nitrogens with zero attached hydrogens (tertiary/aromatic N) is 1. The van der Waals surface area contributed by atoms with Crippen LogP contribution in [0, 0.1) is 6.92 Å². The van der Waals surface area contributed by atoms with Crippen molar-refractivity contribution in [2.45, 2.75) is 19.4 Å². The van der Waals surface area contributed by atoms with Gasteiger partial charge >= 0.3 is 0 Å². The first-order valence-corrected chi connectivity index (χ1v) is 7.15. The number of amides is 2. The van der Waals surface area contributed by atoms with Crippen molar-refractivity contribution in [3.8, 4) is 0 Å². The first kappa shape index (κ1) is 14.3. The minimum Gasteiger partial charge on any atom is -0.321 e. The van der Waals surface area contributed by atoms with E-state index in [1.165, 1.54) is 4.90 Å². The number of anilines is 2. The van der Waals surface area contributed by atoms with Gasteiger partial charge in [0, 0.05) is 5.69 Å². The van der Waals surface area contributed by atoms with Gasteiger partial charge in [0.25, 0.3) is 5.91 Å². The van der Waals surface area contributed by atoms with Gasteiger partial charge in [-0.05, 0) is 31.2 Å². The fourth-order valence-electron chi connectivity index (χ4n) is 2.40. The summed E-state index contributed by atoms with van der Waals surface area (Å²) in [7, 11) is 0. The zero-order chi connectivity index (χ0) is 15.5. The summed E-state index contributed by atoms with van der Waals surface area (Å²) in [6, 6.07) is 16.3. The third-order valence-corrected chi connectivity index (χ3v) is 3.60. The number of nitrogens with one attached hydrogen (secondary N) is 2. The summed E-state index contributed by atoms with van der Waals surface area (Å²) >= 11 is 0. The van der Waals surface area contributed by atoms with E-state index in [4.69, 9.17) is 0 Å². The molecule has 2 aromatic rings. The van der Waals surface area contributed by atoms with E-state index in [2.05, 4.69) is 10.9 Å². The van der Waals surface area contributed by atoms with Crippen molar-refractivity contribution in [2.24, 2.45) is 0 Å². The molecule has 2 aromatic carbocycles. The highest BCUT2D eigenvalue weighted by molar-refractivity contribution is 6.22. The fourth-order valence-corrected chi connectivity index (χ4v) is 2.40. The summed E-state index contributed by atoms with van der Waals surface area (Å²) in [5.74, 6) is -0.432. The topological polar surface area (TPSA) is 61.4 Å². The van der Waals surface area contributed by atoms with Gasteiger partial charge < -0.3 is 5.43 Å². The maximum absolute atomic E-state index is 12.4. The molecule has 1 atom stereocenters. The highest BCUT2D eigenvalue weighted by Gasteiger charge is 2.39. The van der Waals surface area contributed by atoms with Crippen LogP contribution in [-0.4, -0.2) is 17.9 Å². The highest BCUT2D eigenvalue weighted by atomic mass is 16.2. The standard InChI is InChI=1S/C17H17N3O2/c1-12-7-9-14(10-8-12)20-16(21)11-15(17(20)22)19-18-13-5-3-2-4-6-13/h2-10,15,18-19H,11H2,1H3. The molecule has 3 rings (SSSR count). The number of hydrazine groups is 1. The smallest absolute Gasteiger partial charge is 0.253 e. The Bertz CT molecular complexity index is 683. The first-order chi connectivity index (χ1) is 10.6. The van der Waals surface area contributed by atoms with Crippen molar-refractivity contribution < 1.29 is 9.59 Å². The van der Waals surface area contributed by atoms with Gasteiger partial charge in [-0.25, -0.2) is 10.3 Å². The van der Waals surface area contributed by atoms with Crippen molar-refractivity contribution in [1.82, 2.24) is 5.43 Å². The van der Waals surface area contributed by atoms with E-state index in [9.17, 15) is 9.59 Å². The fraction of sp³-hybridized carbons (Fsp3) is 0.176. The number of rotatable bonds is 4. The Morgan fingerprint density at radius 2 is 1.68 bits per heavy atom. The van der Waals surface area contributed by atoms with Crippen molar-refractivity contribution in [2.75, 3.05) is 10.3 Å². The molecular weight excluding hydrogens is 278 g/mol. The third kappa shape index (κ3) is 2.84. The lowest BCUT2D eigenvalue weighted by atomic mass is 10.2. The molecule has 1 unspecified atom stereocenters. The molecule has 1 aliphatic heterocycles. The van der Waals surface area contributed by atoms with E-state index >= 15 is 0 Å². The summed E-state index contributed by atoms with van der Waals surface area (Å²) in [5.41, 5.74) is 8.44. The molecule has 0 aliphatic carbocycles. The van der Waals surface area contributed by atoms with E-state index in [1.54, 1.807) is 12.1 Å². The van der Waals surface area contributed by atoms with Crippen molar-refractivity contribution in [3.05, 3.63) is 60.2 Å². The van der Waals surface area contributed by atoms with Crippen LogP contribution >= 0.6 is 0 Å². The van der Waals surface area contributed by atoms with E-state index in [1.807, 2.05) is 49.4 Å². The summed E-state index contributed by atoms with van der Waals surface area (Å²) in [4.78, 5) is 25.8. The van der Waals surface area contributed by atoms with Gasteiger partial charge in [-0.15, -0.1) is 0 Å². The lowest BCUT2D eigenvalue weighted by molar-refractivity contribution is -0.121. The lowest BCUT2D eigenvalue weighted by Gasteiger charge is -2.16. The number of carbonyl (C=O) groups excluding carboxylic acids is 2. The molecule has 5 nitrogen and oxygen atoms in total. The van der Waals surface area contributed by atoms with Gasteiger partial charge in [0.05, 0.1) is 12.1 Å².